The van der Waals surface area contributed by atoms with Gasteiger partial charge in [0.05, 0.1) is 0 Å². The summed E-state index contributed by atoms with van der Waals surface area (Å²) < 4.78 is 2.43. The average Bonchev–Trinajstić information content (AvgIpc) is 3.68. The molecule has 2 aromatic heterocycles. The van der Waals surface area contributed by atoms with Crippen molar-refractivity contribution in [2.75, 3.05) is 0 Å². The Morgan fingerprint density at radius 3 is 1.32 bits per heavy atom. The van der Waals surface area contributed by atoms with Crippen LogP contribution in [-0.4, -0.2) is 15.0 Å². The first kappa shape index (κ1) is 33.1. The number of nitrogens with zero attached hydrogens (tertiary/aromatic N) is 3. The molecule has 0 saturated carbocycles. The first-order valence-electron chi connectivity index (χ1n) is 19.2. The monoisotopic (exact) mass is 743 g/mol. The smallest absolute Gasteiger partial charge is 0.165 e. The lowest BCUT2D eigenvalue weighted by Crippen LogP contribution is -2.01. The fourth-order valence-corrected chi connectivity index (χ4v) is 9.55. The van der Waals surface area contributed by atoms with Crippen LogP contribution in [0.3, 0.4) is 0 Å². The summed E-state index contributed by atoms with van der Waals surface area (Å²) in [5.74, 6) is 1.97. The van der Waals surface area contributed by atoms with E-state index in [1.54, 1.807) is 11.3 Å². The van der Waals surface area contributed by atoms with E-state index in [0.29, 0.717) is 17.5 Å². The summed E-state index contributed by atoms with van der Waals surface area (Å²) in [5, 5.41) is 7.13. The Morgan fingerprint density at radius 1 is 0.246 bits per heavy atom. The Labute approximate surface area is 334 Å². The third kappa shape index (κ3) is 5.69. The standard InChI is InChI=1S/C53H33N3S/c1-3-16-34(17-4-1)36-20-7-8-21-37(36)42-30-31-43(39-23-10-9-22-38(39)42)44-32-33-47(41-25-12-11-24-40(41)44)52-54-51(35-18-5-2-6-19-35)55-53(56-52)48-28-15-27-46-45-26-13-14-29-49(45)57-50(46)48/h1-33H. The van der Waals surface area contributed by atoms with Crippen molar-refractivity contribution in [2.24, 2.45) is 0 Å². The van der Waals surface area contributed by atoms with Gasteiger partial charge in [0.2, 0.25) is 0 Å². The molecule has 0 spiro atoms. The second-order valence-corrected chi connectivity index (χ2v) is 15.3. The molecule has 0 amide bonds. The molecule has 57 heavy (non-hydrogen) atoms. The van der Waals surface area contributed by atoms with Gasteiger partial charge in [-0.3, -0.25) is 0 Å². The highest BCUT2D eigenvalue weighted by Crippen LogP contribution is 2.44. The molecule has 4 heteroatoms. The SMILES string of the molecule is c1ccc(-c2nc(-c3ccc(-c4ccc(-c5ccccc5-c5ccccc5)c5ccccc45)c4ccccc34)nc(-c3cccc4c3sc3ccccc34)n2)cc1. The minimum Gasteiger partial charge on any atom is -0.208 e. The molecule has 0 aliphatic heterocycles. The highest BCUT2D eigenvalue weighted by molar-refractivity contribution is 7.26. The minimum atomic E-state index is 0.650. The topological polar surface area (TPSA) is 38.7 Å². The highest BCUT2D eigenvalue weighted by atomic mass is 32.1. The molecular formula is C53H33N3S. The van der Waals surface area contributed by atoms with Crippen LogP contribution in [0, 0.1) is 0 Å². The van der Waals surface area contributed by atoms with Gasteiger partial charge in [-0.2, -0.15) is 0 Å². The molecule has 2 heterocycles. The van der Waals surface area contributed by atoms with E-state index >= 15 is 0 Å². The molecule has 0 saturated heterocycles. The van der Waals surface area contributed by atoms with Gasteiger partial charge in [0, 0.05) is 36.9 Å². The van der Waals surface area contributed by atoms with Crippen LogP contribution in [0.25, 0.3) is 109 Å². The Bertz CT molecular complexity index is 3300. The van der Waals surface area contributed by atoms with Gasteiger partial charge in [0.25, 0.3) is 0 Å². The average molecular weight is 744 g/mol. The maximum absolute atomic E-state index is 5.29. The molecule has 0 fully saturated rings. The fraction of sp³-hybridized carbons (Fsp3) is 0. The molecule has 3 nitrogen and oxygen atoms in total. The predicted molar refractivity (Wildman–Crippen MR) is 240 cm³/mol. The summed E-state index contributed by atoms with van der Waals surface area (Å²) in [6.45, 7) is 0. The van der Waals surface area contributed by atoms with Crippen molar-refractivity contribution in [2.45, 2.75) is 0 Å². The van der Waals surface area contributed by atoms with Gasteiger partial charge >= 0.3 is 0 Å². The molecular weight excluding hydrogens is 711 g/mol. The van der Waals surface area contributed by atoms with Crippen LogP contribution < -0.4 is 0 Å². The van der Waals surface area contributed by atoms with Crippen molar-refractivity contribution in [3.63, 3.8) is 0 Å². The van der Waals surface area contributed by atoms with Gasteiger partial charge in [-0.1, -0.05) is 182 Å². The Hall–Kier alpha value is -7.27. The lowest BCUT2D eigenvalue weighted by atomic mass is 9.87. The van der Waals surface area contributed by atoms with Crippen molar-refractivity contribution < 1.29 is 0 Å². The van der Waals surface area contributed by atoms with Gasteiger partial charge in [0.15, 0.2) is 17.5 Å². The molecule has 0 unspecified atom stereocenters. The zero-order valence-corrected chi connectivity index (χ0v) is 31.6. The maximum atomic E-state index is 5.29. The second kappa shape index (κ2) is 13.8. The van der Waals surface area contributed by atoms with Crippen LogP contribution >= 0.6 is 11.3 Å². The molecule has 0 bridgehead atoms. The zero-order chi connectivity index (χ0) is 37.7. The maximum Gasteiger partial charge on any atom is 0.165 e. The molecule has 0 aliphatic rings. The number of hydrogen-bond acceptors (Lipinski definition) is 4. The van der Waals surface area contributed by atoms with Gasteiger partial charge in [0.1, 0.15) is 0 Å². The molecule has 0 aliphatic carbocycles. The van der Waals surface area contributed by atoms with Crippen molar-refractivity contribution in [1.82, 2.24) is 15.0 Å². The van der Waals surface area contributed by atoms with Crippen molar-refractivity contribution in [3.8, 4) is 67.5 Å². The van der Waals surface area contributed by atoms with E-state index in [2.05, 4.69) is 182 Å². The first-order valence-corrected chi connectivity index (χ1v) is 20.0. The molecule has 0 N–H and O–H groups in total. The number of rotatable bonds is 6. The lowest BCUT2D eigenvalue weighted by Gasteiger charge is -2.17. The summed E-state index contributed by atoms with van der Waals surface area (Å²) in [6, 6.07) is 71.1. The van der Waals surface area contributed by atoms with E-state index in [4.69, 9.17) is 15.0 Å². The number of benzene rings is 9. The summed E-state index contributed by atoms with van der Waals surface area (Å²) in [5.41, 5.74) is 10.2. The van der Waals surface area contributed by atoms with Crippen molar-refractivity contribution in [1.29, 1.82) is 0 Å². The molecule has 0 atom stereocenters. The van der Waals surface area contributed by atoms with Crippen LogP contribution in [0.5, 0.6) is 0 Å². The van der Waals surface area contributed by atoms with Crippen LogP contribution in [0.15, 0.2) is 200 Å². The van der Waals surface area contributed by atoms with E-state index in [1.807, 2.05) is 18.2 Å². The Morgan fingerprint density at radius 2 is 0.667 bits per heavy atom. The number of thiophene rings is 1. The van der Waals surface area contributed by atoms with Crippen molar-refractivity contribution >= 4 is 53.1 Å². The van der Waals surface area contributed by atoms with E-state index in [9.17, 15) is 0 Å². The third-order valence-corrected chi connectivity index (χ3v) is 12.2. The van der Waals surface area contributed by atoms with Gasteiger partial charge in [-0.15, -0.1) is 11.3 Å². The van der Waals surface area contributed by atoms with Crippen LogP contribution in [0.4, 0.5) is 0 Å². The molecule has 9 aromatic carbocycles. The van der Waals surface area contributed by atoms with Gasteiger partial charge < -0.3 is 0 Å². The summed E-state index contributed by atoms with van der Waals surface area (Å²) in [7, 11) is 0. The lowest BCUT2D eigenvalue weighted by molar-refractivity contribution is 1.08. The molecule has 0 radical (unpaired) electrons. The first-order chi connectivity index (χ1) is 28.3. The molecule has 266 valence electrons. The third-order valence-electron chi connectivity index (χ3n) is 11.0. The molecule has 11 rings (SSSR count). The van der Waals surface area contributed by atoms with Crippen LogP contribution in [0.1, 0.15) is 0 Å². The van der Waals surface area contributed by atoms with E-state index in [-0.39, 0.29) is 0 Å². The van der Waals surface area contributed by atoms with Crippen molar-refractivity contribution in [3.05, 3.63) is 200 Å². The van der Waals surface area contributed by atoms with Gasteiger partial charge in [-0.25, -0.2) is 15.0 Å². The quantitative estimate of drug-likeness (QED) is 0.170. The van der Waals surface area contributed by atoms with E-state index in [1.165, 1.54) is 64.3 Å². The Balaban J connectivity index is 1.10. The normalized spacial score (nSPS) is 11.5. The predicted octanol–water partition coefficient (Wildman–Crippen LogP) is 14.5. The van der Waals surface area contributed by atoms with E-state index < -0.39 is 0 Å². The van der Waals surface area contributed by atoms with Crippen LogP contribution in [0.2, 0.25) is 0 Å². The number of hydrogen-bond donors (Lipinski definition) is 0. The fourth-order valence-electron chi connectivity index (χ4n) is 8.34. The summed E-state index contributed by atoms with van der Waals surface area (Å²) in [6.07, 6.45) is 0. The second-order valence-electron chi connectivity index (χ2n) is 14.3. The molecule has 11 aromatic rings. The highest BCUT2D eigenvalue weighted by Gasteiger charge is 2.20. The number of aromatic nitrogens is 3. The summed E-state index contributed by atoms with van der Waals surface area (Å²) >= 11 is 1.79. The Kier molecular flexibility index (Phi) is 8.01. The minimum absolute atomic E-state index is 0.650. The number of fused-ring (bicyclic) bond motifs is 5. The van der Waals surface area contributed by atoms with Gasteiger partial charge in [-0.05, 0) is 73.1 Å². The van der Waals surface area contributed by atoms with E-state index in [0.717, 1.165) is 27.5 Å². The zero-order valence-electron chi connectivity index (χ0n) is 30.8. The largest absolute Gasteiger partial charge is 0.208 e. The van der Waals surface area contributed by atoms with Crippen LogP contribution in [-0.2, 0) is 0 Å². The summed E-state index contributed by atoms with van der Waals surface area (Å²) in [4.78, 5) is 15.6.